The predicted octanol–water partition coefficient (Wildman–Crippen LogP) is 4.98. The third-order valence-electron chi connectivity index (χ3n) is 5.86. The monoisotopic (exact) mass is 462 g/mol. The normalized spacial score (nSPS) is 13.0. The molecular formula is C25H23ClN4O3. The van der Waals surface area contributed by atoms with Crippen molar-refractivity contribution in [3.63, 3.8) is 0 Å². The largest absolute Gasteiger partial charge is 0.493 e. The number of anilines is 2. The number of benzene rings is 3. The molecule has 0 fully saturated rings. The third kappa shape index (κ3) is 3.96. The van der Waals surface area contributed by atoms with Gasteiger partial charge in [-0.2, -0.15) is 0 Å². The minimum Gasteiger partial charge on any atom is -0.493 e. The van der Waals surface area contributed by atoms with Gasteiger partial charge in [-0.3, -0.25) is 4.79 Å². The van der Waals surface area contributed by atoms with Crippen LogP contribution in [0.15, 0.2) is 60.7 Å². The number of hydrogen-bond acceptors (Lipinski definition) is 5. The van der Waals surface area contributed by atoms with E-state index in [4.69, 9.17) is 26.1 Å². The molecule has 0 radical (unpaired) electrons. The van der Waals surface area contributed by atoms with Crippen LogP contribution in [0.3, 0.4) is 0 Å². The van der Waals surface area contributed by atoms with Gasteiger partial charge < -0.3 is 24.3 Å². The highest BCUT2D eigenvalue weighted by atomic mass is 35.5. The molecule has 0 saturated carbocycles. The number of aromatic nitrogens is 2. The summed E-state index contributed by atoms with van der Waals surface area (Å²) in [6.45, 7) is 2.36. The molecule has 1 aromatic heterocycles. The number of para-hydroxylation sites is 1. The van der Waals surface area contributed by atoms with Gasteiger partial charge >= 0.3 is 0 Å². The summed E-state index contributed by atoms with van der Waals surface area (Å²) in [4.78, 5) is 19.7. The molecule has 0 spiro atoms. The van der Waals surface area contributed by atoms with Crippen LogP contribution in [-0.4, -0.2) is 36.2 Å². The van der Waals surface area contributed by atoms with Crippen molar-refractivity contribution in [2.24, 2.45) is 0 Å². The summed E-state index contributed by atoms with van der Waals surface area (Å²) in [5, 5.41) is 3.66. The molecule has 1 aliphatic heterocycles. The number of carbonyl (C=O) groups excluding carboxylic acids is 1. The van der Waals surface area contributed by atoms with Gasteiger partial charge in [-0.1, -0.05) is 17.7 Å². The molecule has 8 heteroatoms. The second kappa shape index (κ2) is 8.67. The van der Waals surface area contributed by atoms with Crippen molar-refractivity contribution in [3.05, 3.63) is 77.1 Å². The number of hydrogen-bond donors (Lipinski definition) is 1. The van der Waals surface area contributed by atoms with E-state index in [1.807, 2.05) is 42.5 Å². The van der Waals surface area contributed by atoms with Crippen LogP contribution in [0.1, 0.15) is 16.2 Å². The Bertz CT molecular complexity index is 1330. The van der Waals surface area contributed by atoms with Crippen LogP contribution in [0, 0.1) is 0 Å². The summed E-state index contributed by atoms with van der Waals surface area (Å²) in [6.07, 6.45) is 0. The molecule has 1 N–H and O–H groups in total. The zero-order chi connectivity index (χ0) is 22.9. The average Bonchev–Trinajstić information content (AvgIpc) is 3.23. The first kappa shape index (κ1) is 21.2. The number of imidazole rings is 1. The van der Waals surface area contributed by atoms with Gasteiger partial charge in [-0.05, 0) is 54.6 Å². The summed E-state index contributed by atoms with van der Waals surface area (Å²) < 4.78 is 12.7. The number of nitrogens with zero attached hydrogens (tertiary/aromatic N) is 3. The van der Waals surface area contributed by atoms with E-state index in [1.54, 1.807) is 32.4 Å². The van der Waals surface area contributed by atoms with Crippen molar-refractivity contribution in [1.29, 1.82) is 0 Å². The first-order valence-corrected chi connectivity index (χ1v) is 11.0. The number of ether oxygens (including phenoxy) is 2. The van der Waals surface area contributed by atoms with E-state index in [1.165, 1.54) is 0 Å². The van der Waals surface area contributed by atoms with Crippen LogP contribution in [0.25, 0.3) is 11.0 Å². The lowest BCUT2D eigenvalue weighted by molar-refractivity contribution is 0.102. The molecule has 0 saturated heterocycles. The van der Waals surface area contributed by atoms with Crippen molar-refractivity contribution in [2.45, 2.75) is 13.1 Å². The standard InChI is InChI=1S/C25H23ClN4O3/c1-32-21-11-6-16(14-22(21)33-2)25(31)27-17-7-9-18(10-8-17)29-12-13-30-23(15-29)28-20-5-3-4-19(26)24(20)30/h3-11,14H,12-13,15H2,1-2H3,(H,27,31). The van der Waals surface area contributed by atoms with Gasteiger partial charge in [0.05, 0.1) is 36.8 Å². The second-order valence-electron chi connectivity index (χ2n) is 7.78. The van der Waals surface area contributed by atoms with Gasteiger partial charge in [-0.25, -0.2) is 4.98 Å². The molecule has 1 amide bonds. The number of nitrogens with one attached hydrogen (secondary N) is 1. The Morgan fingerprint density at radius 2 is 1.79 bits per heavy atom. The van der Waals surface area contributed by atoms with Gasteiger partial charge in [0.1, 0.15) is 5.82 Å². The van der Waals surface area contributed by atoms with E-state index < -0.39 is 0 Å². The maximum atomic E-state index is 12.7. The van der Waals surface area contributed by atoms with E-state index in [2.05, 4.69) is 14.8 Å². The Morgan fingerprint density at radius 1 is 1.00 bits per heavy atom. The van der Waals surface area contributed by atoms with Crippen molar-refractivity contribution in [3.8, 4) is 11.5 Å². The number of halogens is 1. The number of amides is 1. The molecule has 168 valence electrons. The van der Waals surface area contributed by atoms with Gasteiger partial charge in [0.15, 0.2) is 11.5 Å². The van der Waals surface area contributed by atoms with Gasteiger partial charge in [0, 0.05) is 30.0 Å². The van der Waals surface area contributed by atoms with Crippen LogP contribution < -0.4 is 19.7 Å². The van der Waals surface area contributed by atoms with Crippen LogP contribution in [0.4, 0.5) is 11.4 Å². The highest BCUT2D eigenvalue weighted by molar-refractivity contribution is 6.35. The molecule has 0 unspecified atom stereocenters. The fourth-order valence-electron chi connectivity index (χ4n) is 4.18. The maximum absolute atomic E-state index is 12.7. The molecule has 5 rings (SSSR count). The van der Waals surface area contributed by atoms with Crippen LogP contribution in [0.2, 0.25) is 5.02 Å². The molecule has 7 nitrogen and oxygen atoms in total. The van der Waals surface area contributed by atoms with Crippen LogP contribution in [-0.2, 0) is 13.1 Å². The lowest BCUT2D eigenvalue weighted by atomic mass is 10.1. The first-order valence-electron chi connectivity index (χ1n) is 10.6. The molecule has 0 aliphatic carbocycles. The minimum atomic E-state index is -0.215. The molecule has 0 bridgehead atoms. The lowest BCUT2D eigenvalue weighted by Gasteiger charge is -2.30. The smallest absolute Gasteiger partial charge is 0.255 e. The van der Waals surface area contributed by atoms with Crippen molar-refractivity contribution >= 4 is 39.9 Å². The van der Waals surface area contributed by atoms with Crippen LogP contribution >= 0.6 is 11.6 Å². The molecule has 33 heavy (non-hydrogen) atoms. The zero-order valence-corrected chi connectivity index (χ0v) is 19.1. The summed E-state index contributed by atoms with van der Waals surface area (Å²) in [5.41, 5.74) is 4.21. The molecule has 1 aliphatic rings. The van der Waals surface area contributed by atoms with E-state index in [0.29, 0.717) is 23.6 Å². The highest BCUT2D eigenvalue weighted by Crippen LogP contribution is 2.30. The Balaban J connectivity index is 1.30. The Hall–Kier alpha value is -3.71. The lowest BCUT2D eigenvalue weighted by Crippen LogP contribution is -2.33. The molecule has 0 atom stereocenters. The topological polar surface area (TPSA) is 68.6 Å². The molecule has 4 aromatic rings. The van der Waals surface area contributed by atoms with Crippen molar-refractivity contribution in [1.82, 2.24) is 9.55 Å². The number of carbonyl (C=O) groups is 1. The minimum absolute atomic E-state index is 0.215. The molecular weight excluding hydrogens is 440 g/mol. The number of rotatable bonds is 5. The number of fused-ring (bicyclic) bond motifs is 3. The number of methoxy groups -OCH3 is 2. The van der Waals surface area contributed by atoms with E-state index in [0.717, 1.165) is 46.3 Å². The fourth-order valence-corrected chi connectivity index (χ4v) is 4.45. The summed E-state index contributed by atoms with van der Waals surface area (Å²) in [6, 6.07) is 18.7. The predicted molar refractivity (Wildman–Crippen MR) is 130 cm³/mol. The van der Waals surface area contributed by atoms with Crippen LogP contribution in [0.5, 0.6) is 11.5 Å². The highest BCUT2D eigenvalue weighted by Gasteiger charge is 2.21. The van der Waals surface area contributed by atoms with E-state index >= 15 is 0 Å². The fraction of sp³-hybridized carbons (Fsp3) is 0.200. The van der Waals surface area contributed by atoms with Crippen molar-refractivity contribution in [2.75, 3.05) is 31.0 Å². The molecule has 2 heterocycles. The quantitative estimate of drug-likeness (QED) is 0.453. The average molecular weight is 463 g/mol. The van der Waals surface area contributed by atoms with E-state index in [9.17, 15) is 4.79 Å². The van der Waals surface area contributed by atoms with Crippen molar-refractivity contribution < 1.29 is 14.3 Å². The Kier molecular flexibility index (Phi) is 5.56. The summed E-state index contributed by atoms with van der Waals surface area (Å²) in [7, 11) is 3.11. The van der Waals surface area contributed by atoms with E-state index in [-0.39, 0.29) is 5.91 Å². The van der Waals surface area contributed by atoms with Gasteiger partial charge in [0.2, 0.25) is 0 Å². The second-order valence-corrected chi connectivity index (χ2v) is 8.19. The Morgan fingerprint density at radius 3 is 2.55 bits per heavy atom. The Labute approximate surface area is 196 Å². The summed E-state index contributed by atoms with van der Waals surface area (Å²) in [5.74, 6) is 1.87. The van der Waals surface area contributed by atoms with Gasteiger partial charge in [-0.15, -0.1) is 0 Å². The maximum Gasteiger partial charge on any atom is 0.255 e. The summed E-state index contributed by atoms with van der Waals surface area (Å²) >= 11 is 6.40. The molecule has 3 aromatic carbocycles. The SMILES string of the molecule is COc1ccc(C(=O)Nc2ccc(N3CCn4c(nc5cccc(Cl)c54)C3)cc2)cc1OC. The third-order valence-corrected chi connectivity index (χ3v) is 6.16. The first-order chi connectivity index (χ1) is 16.1. The zero-order valence-electron chi connectivity index (χ0n) is 18.3. The van der Waals surface area contributed by atoms with Gasteiger partial charge in [0.25, 0.3) is 5.91 Å².